The van der Waals surface area contributed by atoms with Crippen molar-refractivity contribution in [3.05, 3.63) is 83.6 Å². The lowest BCUT2D eigenvalue weighted by Gasteiger charge is -2.42. The van der Waals surface area contributed by atoms with E-state index in [1.54, 1.807) is 0 Å². The van der Waals surface area contributed by atoms with Crippen LogP contribution in [0.25, 0.3) is 32.9 Å². The zero-order chi connectivity index (χ0) is 35.7. The Morgan fingerprint density at radius 1 is 1.06 bits per heavy atom. The predicted octanol–water partition coefficient (Wildman–Crippen LogP) is 6.26. The minimum Gasteiger partial charge on any atom is -0.508 e. The Kier molecular flexibility index (Phi) is 7.73. The van der Waals surface area contributed by atoms with Crippen molar-refractivity contribution >= 4 is 33.4 Å². The summed E-state index contributed by atoms with van der Waals surface area (Å²) in [6, 6.07) is 14.4. The fraction of sp³-hybridized carbons (Fsp3) is 0.350. The van der Waals surface area contributed by atoms with Gasteiger partial charge in [0.05, 0.1) is 28.6 Å². The number of anilines is 1. The Labute approximate surface area is 298 Å². The first kappa shape index (κ1) is 32.5. The lowest BCUT2D eigenvalue weighted by atomic mass is 9.95. The van der Waals surface area contributed by atoms with Crippen LogP contribution < -0.4 is 9.64 Å². The number of aromatic nitrogens is 3. The molecule has 2 unspecified atom stereocenters. The second kappa shape index (κ2) is 12.4. The summed E-state index contributed by atoms with van der Waals surface area (Å²) in [5.74, 6) is 1.10. The number of terminal acetylenes is 1. The molecule has 4 saturated heterocycles. The van der Waals surface area contributed by atoms with E-state index in [9.17, 15) is 18.7 Å². The molecule has 2 aromatic heterocycles. The van der Waals surface area contributed by atoms with Crippen molar-refractivity contribution in [2.45, 2.75) is 55.9 Å². The molecule has 1 N–H and O–H groups in total. The van der Waals surface area contributed by atoms with E-state index >= 15 is 4.39 Å². The van der Waals surface area contributed by atoms with E-state index < -0.39 is 23.3 Å². The third kappa shape index (κ3) is 5.20. The van der Waals surface area contributed by atoms with E-state index in [-0.39, 0.29) is 64.1 Å². The Morgan fingerprint density at radius 2 is 1.85 bits per heavy atom. The van der Waals surface area contributed by atoms with Gasteiger partial charge in [-0.3, -0.25) is 14.7 Å². The van der Waals surface area contributed by atoms with Crippen molar-refractivity contribution in [1.82, 2.24) is 24.8 Å². The molecular formula is C40H35F3N6O3. The van der Waals surface area contributed by atoms with E-state index in [2.05, 4.69) is 20.8 Å². The predicted molar refractivity (Wildman–Crippen MR) is 190 cm³/mol. The van der Waals surface area contributed by atoms with Gasteiger partial charge < -0.3 is 19.6 Å². The number of phenols is 1. The van der Waals surface area contributed by atoms with Gasteiger partial charge in [0.15, 0.2) is 5.82 Å². The van der Waals surface area contributed by atoms with Crippen molar-refractivity contribution in [3.63, 3.8) is 0 Å². The Balaban J connectivity index is 1.15. The molecule has 6 heterocycles. The van der Waals surface area contributed by atoms with Crippen LogP contribution in [-0.2, 0) is 0 Å². The summed E-state index contributed by atoms with van der Waals surface area (Å²) in [7, 11) is 0. The number of hydrogen-bond donors (Lipinski definition) is 1. The van der Waals surface area contributed by atoms with Gasteiger partial charge in [-0.15, -0.1) is 6.42 Å². The molecule has 12 heteroatoms. The Morgan fingerprint density at radius 3 is 2.62 bits per heavy atom. The standard InChI is InChI=1S/C40H35F3N6O3/c1-2-29-32(42)12-9-24-15-28(50)16-30(33(24)29)35-34(43)36-31(18-44-35)37(46-39(45-36)52-22-40-13-6-14-48(40)19-25(41)17-40)47-20-26-10-11-27(21-47)49(26)38(51)23-7-4-3-5-8-23/h1,3-5,7-9,12,15-16,18,25-27,50H,6,10-11,13-14,17,19-22H2/t25-,26?,27?,40+/m1/s1. The summed E-state index contributed by atoms with van der Waals surface area (Å²) in [6.07, 6.45) is 9.89. The maximum absolute atomic E-state index is 17.0. The molecule has 3 aromatic carbocycles. The summed E-state index contributed by atoms with van der Waals surface area (Å²) in [5, 5.41) is 11.6. The van der Waals surface area contributed by atoms with E-state index in [1.165, 1.54) is 30.5 Å². The van der Waals surface area contributed by atoms with Gasteiger partial charge in [-0.2, -0.15) is 9.97 Å². The van der Waals surface area contributed by atoms with E-state index in [1.807, 2.05) is 40.1 Å². The lowest BCUT2D eigenvalue weighted by molar-refractivity contribution is 0.0641. The zero-order valence-electron chi connectivity index (χ0n) is 28.2. The van der Waals surface area contributed by atoms with Crippen LogP contribution in [0.5, 0.6) is 11.8 Å². The van der Waals surface area contributed by atoms with E-state index in [0.717, 1.165) is 32.2 Å². The van der Waals surface area contributed by atoms with E-state index in [4.69, 9.17) is 16.1 Å². The number of halogens is 3. The van der Waals surface area contributed by atoms with Crippen LogP contribution in [0, 0.1) is 24.0 Å². The van der Waals surface area contributed by atoms with Gasteiger partial charge in [0.2, 0.25) is 0 Å². The molecule has 4 fully saturated rings. The number of alkyl halides is 1. The molecule has 52 heavy (non-hydrogen) atoms. The number of carbonyl (C=O) groups excluding carboxylic acids is 1. The number of benzene rings is 3. The minimum atomic E-state index is -0.955. The van der Waals surface area contributed by atoms with Crippen LogP contribution in [0.3, 0.4) is 0 Å². The molecular weight excluding hydrogens is 669 g/mol. The molecule has 0 radical (unpaired) electrons. The van der Waals surface area contributed by atoms with Crippen molar-refractivity contribution in [3.8, 4) is 35.4 Å². The SMILES string of the molecule is C#Cc1c(F)ccc2cc(O)cc(-c3ncc4c(N5CC6CCC(C5)N6C(=O)c5ccccc5)nc(OC[C@@]56CCCN5C[C@H](F)C6)nc4c3F)c12. The first-order chi connectivity index (χ1) is 25.2. The van der Waals surface area contributed by atoms with Crippen LogP contribution in [0.15, 0.2) is 60.8 Å². The van der Waals surface area contributed by atoms with Gasteiger partial charge >= 0.3 is 6.01 Å². The quantitative estimate of drug-likeness (QED) is 0.207. The van der Waals surface area contributed by atoms with Crippen molar-refractivity contribution in [2.75, 3.05) is 37.7 Å². The number of amides is 1. The third-order valence-electron chi connectivity index (χ3n) is 11.4. The number of phenolic OH excluding ortho intramolecular Hbond substituents is 1. The summed E-state index contributed by atoms with van der Waals surface area (Å²) < 4.78 is 52.9. The zero-order valence-corrected chi connectivity index (χ0v) is 28.2. The molecule has 5 aromatic rings. The second-order valence-corrected chi connectivity index (χ2v) is 14.4. The summed E-state index contributed by atoms with van der Waals surface area (Å²) in [5.41, 5.74) is -0.0889. The minimum absolute atomic E-state index is 0.0223. The highest BCUT2D eigenvalue weighted by molar-refractivity contribution is 6.03. The highest BCUT2D eigenvalue weighted by atomic mass is 19.1. The summed E-state index contributed by atoms with van der Waals surface area (Å²) in [4.78, 5) is 33.7. The normalized spacial score (nSPS) is 24.1. The molecule has 2 bridgehead atoms. The van der Waals surface area contributed by atoms with Crippen LogP contribution >= 0.6 is 0 Å². The highest BCUT2D eigenvalue weighted by Crippen LogP contribution is 2.43. The molecule has 9 nitrogen and oxygen atoms in total. The number of nitrogens with zero attached hydrogens (tertiary/aromatic N) is 6. The summed E-state index contributed by atoms with van der Waals surface area (Å²) in [6.45, 7) is 2.18. The van der Waals surface area contributed by atoms with Crippen molar-refractivity contribution < 1.29 is 27.8 Å². The lowest BCUT2D eigenvalue weighted by Crippen LogP contribution is -2.56. The number of carbonyl (C=O) groups is 1. The maximum Gasteiger partial charge on any atom is 0.319 e. The van der Waals surface area contributed by atoms with E-state index in [0.29, 0.717) is 48.2 Å². The maximum atomic E-state index is 17.0. The van der Waals surface area contributed by atoms with Gasteiger partial charge in [0.25, 0.3) is 5.91 Å². The number of piperazine rings is 1. The number of fused-ring (bicyclic) bond motifs is 5. The fourth-order valence-electron chi connectivity index (χ4n) is 9.05. The largest absolute Gasteiger partial charge is 0.508 e. The number of pyridine rings is 1. The first-order valence-electron chi connectivity index (χ1n) is 17.7. The highest BCUT2D eigenvalue weighted by Gasteiger charge is 2.49. The first-order valence-corrected chi connectivity index (χ1v) is 17.7. The number of aromatic hydroxyl groups is 1. The fourth-order valence-corrected chi connectivity index (χ4v) is 9.05. The molecule has 4 aliphatic rings. The third-order valence-corrected chi connectivity index (χ3v) is 11.4. The molecule has 0 spiro atoms. The number of rotatable bonds is 6. The molecule has 0 aliphatic carbocycles. The van der Waals surface area contributed by atoms with Gasteiger partial charge in [-0.25, -0.2) is 13.2 Å². The van der Waals surface area contributed by atoms with Crippen LogP contribution in [0.4, 0.5) is 19.0 Å². The average Bonchev–Trinajstić information content (AvgIpc) is 3.77. The average molecular weight is 705 g/mol. The molecule has 4 aliphatic heterocycles. The smallest absolute Gasteiger partial charge is 0.319 e. The Bertz CT molecular complexity index is 2290. The molecule has 1 amide bonds. The Hall–Kier alpha value is -5.41. The van der Waals surface area contributed by atoms with Gasteiger partial charge in [-0.1, -0.05) is 30.2 Å². The van der Waals surface area contributed by atoms with Crippen molar-refractivity contribution in [1.29, 1.82) is 0 Å². The van der Waals surface area contributed by atoms with Crippen LogP contribution in [-0.4, -0.2) is 92.3 Å². The second-order valence-electron chi connectivity index (χ2n) is 14.4. The van der Waals surface area contributed by atoms with Crippen LogP contribution in [0.1, 0.15) is 48.0 Å². The monoisotopic (exact) mass is 704 g/mol. The van der Waals surface area contributed by atoms with Gasteiger partial charge in [0.1, 0.15) is 41.4 Å². The number of ether oxygens (including phenoxy) is 1. The number of hydrogen-bond acceptors (Lipinski definition) is 8. The van der Waals surface area contributed by atoms with Crippen molar-refractivity contribution in [2.24, 2.45) is 0 Å². The molecule has 0 saturated carbocycles. The van der Waals surface area contributed by atoms with Gasteiger partial charge in [0, 0.05) is 48.8 Å². The van der Waals surface area contributed by atoms with Crippen LogP contribution in [0.2, 0.25) is 0 Å². The topological polar surface area (TPSA) is 94.9 Å². The van der Waals surface area contributed by atoms with Gasteiger partial charge in [-0.05, 0) is 67.9 Å². The molecule has 264 valence electrons. The molecule has 4 atom stereocenters. The summed E-state index contributed by atoms with van der Waals surface area (Å²) >= 11 is 0. The molecule has 9 rings (SSSR count).